The Morgan fingerprint density at radius 1 is 1.50 bits per heavy atom. The van der Waals surface area contributed by atoms with Crippen LogP contribution >= 0.6 is 0 Å². The van der Waals surface area contributed by atoms with Crippen LogP contribution in [0.25, 0.3) is 0 Å². The molecule has 2 rings (SSSR count). The molecule has 0 radical (unpaired) electrons. The average molecular weight is 219 g/mol. The van der Waals surface area contributed by atoms with Crippen LogP contribution in [-0.2, 0) is 9.53 Å². The standard InChI is InChI=1S/C13H17NO2/c1-16-13(15)7-6-10-8-9-14-12-5-3-2-4-11(10)12/h2-5,10,14H,6-9H2,1H3/t10-/m1/s1. The molecule has 86 valence electrons. The highest BCUT2D eigenvalue weighted by Gasteiger charge is 2.20. The van der Waals surface area contributed by atoms with E-state index in [1.807, 2.05) is 6.07 Å². The first-order chi connectivity index (χ1) is 7.81. The molecule has 1 atom stereocenters. The average Bonchev–Trinajstić information content (AvgIpc) is 2.35. The Balaban J connectivity index is 2.04. The lowest BCUT2D eigenvalue weighted by atomic mass is 9.87. The van der Waals surface area contributed by atoms with Crippen molar-refractivity contribution in [3.05, 3.63) is 29.8 Å². The zero-order valence-corrected chi connectivity index (χ0v) is 9.53. The molecule has 0 spiro atoms. The molecule has 3 heteroatoms. The predicted molar refractivity (Wildman–Crippen MR) is 63.5 cm³/mol. The van der Waals surface area contributed by atoms with Crippen molar-refractivity contribution in [2.45, 2.75) is 25.2 Å². The Kier molecular flexibility index (Phi) is 3.44. The topological polar surface area (TPSA) is 38.3 Å². The molecule has 0 bridgehead atoms. The number of fused-ring (bicyclic) bond motifs is 1. The highest BCUT2D eigenvalue weighted by molar-refractivity contribution is 5.69. The van der Waals surface area contributed by atoms with E-state index in [0.717, 1.165) is 19.4 Å². The fourth-order valence-corrected chi connectivity index (χ4v) is 2.24. The quantitative estimate of drug-likeness (QED) is 0.794. The summed E-state index contributed by atoms with van der Waals surface area (Å²) in [6.07, 6.45) is 2.48. The number of hydrogen-bond acceptors (Lipinski definition) is 3. The van der Waals surface area contributed by atoms with Crippen LogP contribution < -0.4 is 5.32 Å². The largest absolute Gasteiger partial charge is 0.469 e. The number of nitrogens with one attached hydrogen (secondary N) is 1. The molecule has 0 saturated heterocycles. The second-order valence-electron chi connectivity index (χ2n) is 4.11. The Morgan fingerprint density at radius 3 is 3.12 bits per heavy atom. The lowest BCUT2D eigenvalue weighted by molar-refractivity contribution is -0.140. The Morgan fingerprint density at radius 2 is 2.31 bits per heavy atom. The second kappa shape index (κ2) is 5.01. The normalized spacial score (nSPS) is 18.4. The smallest absolute Gasteiger partial charge is 0.305 e. The molecule has 3 nitrogen and oxygen atoms in total. The minimum Gasteiger partial charge on any atom is -0.469 e. The summed E-state index contributed by atoms with van der Waals surface area (Å²) in [6, 6.07) is 8.33. The zero-order valence-electron chi connectivity index (χ0n) is 9.53. The van der Waals surface area contributed by atoms with Gasteiger partial charge in [0, 0.05) is 18.7 Å². The number of methoxy groups -OCH3 is 1. The van der Waals surface area contributed by atoms with Crippen LogP contribution in [0.15, 0.2) is 24.3 Å². The van der Waals surface area contributed by atoms with E-state index in [2.05, 4.69) is 28.3 Å². The number of hydrogen-bond donors (Lipinski definition) is 1. The first-order valence-electron chi connectivity index (χ1n) is 5.71. The van der Waals surface area contributed by atoms with E-state index >= 15 is 0 Å². The van der Waals surface area contributed by atoms with Gasteiger partial charge in [0.2, 0.25) is 0 Å². The number of para-hydroxylation sites is 1. The van der Waals surface area contributed by atoms with Crippen LogP contribution in [0.2, 0.25) is 0 Å². The number of rotatable bonds is 3. The van der Waals surface area contributed by atoms with Gasteiger partial charge in [-0.3, -0.25) is 4.79 Å². The van der Waals surface area contributed by atoms with Gasteiger partial charge in [0.25, 0.3) is 0 Å². The van der Waals surface area contributed by atoms with E-state index in [1.165, 1.54) is 18.4 Å². The van der Waals surface area contributed by atoms with E-state index < -0.39 is 0 Å². The third-order valence-corrected chi connectivity index (χ3v) is 3.13. The van der Waals surface area contributed by atoms with Crippen molar-refractivity contribution < 1.29 is 9.53 Å². The molecule has 0 unspecified atom stereocenters. The number of carbonyl (C=O) groups excluding carboxylic acids is 1. The van der Waals surface area contributed by atoms with Gasteiger partial charge in [-0.25, -0.2) is 0 Å². The minimum absolute atomic E-state index is 0.115. The lowest BCUT2D eigenvalue weighted by Crippen LogP contribution is -2.17. The van der Waals surface area contributed by atoms with Gasteiger partial charge in [-0.05, 0) is 30.4 Å². The zero-order chi connectivity index (χ0) is 11.4. The summed E-state index contributed by atoms with van der Waals surface area (Å²) in [5, 5.41) is 3.38. The van der Waals surface area contributed by atoms with E-state index in [-0.39, 0.29) is 5.97 Å². The van der Waals surface area contributed by atoms with Crippen LogP contribution in [0, 0.1) is 0 Å². The maximum absolute atomic E-state index is 11.1. The highest BCUT2D eigenvalue weighted by atomic mass is 16.5. The monoisotopic (exact) mass is 219 g/mol. The third kappa shape index (κ3) is 2.35. The second-order valence-corrected chi connectivity index (χ2v) is 4.11. The molecule has 1 aromatic carbocycles. The van der Waals surface area contributed by atoms with E-state index in [4.69, 9.17) is 0 Å². The van der Waals surface area contributed by atoms with Gasteiger partial charge in [-0.1, -0.05) is 18.2 Å². The van der Waals surface area contributed by atoms with Gasteiger partial charge >= 0.3 is 5.97 Å². The fourth-order valence-electron chi connectivity index (χ4n) is 2.24. The van der Waals surface area contributed by atoms with Crippen molar-refractivity contribution >= 4 is 11.7 Å². The molecule has 1 aliphatic rings. The minimum atomic E-state index is -0.115. The number of esters is 1. The molecule has 1 aromatic rings. The molecule has 0 amide bonds. The molecule has 0 aromatic heterocycles. The van der Waals surface area contributed by atoms with Crippen molar-refractivity contribution in [2.24, 2.45) is 0 Å². The molecule has 0 aliphatic carbocycles. The lowest BCUT2D eigenvalue weighted by Gasteiger charge is -2.26. The summed E-state index contributed by atoms with van der Waals surface area (Å²) >= 11 is 0. The molecule has 16 heavy (non-hydrogen) atoms. The maximum Gasteiger partial charge on any atom is 0.305 e. The van der Waals surface area contributed by atoms with Gasteiger partial charge < -0.3 is 10.1 Å². The highest BCUT2D eigenvalue weighted by Crippen LogP contribution is 2.34. The first kappa shape index (κ1) is 11.0. The van der Waals surface area contributed by atoms with E-state index in [0.29, 0.717) is 12.3 Å². The van der Waals surface area contributed by atoms with Gasteiger partial charge in [0.05, 0.1) is 7.11 Å². The SMILES string of the molecule is COC(=O)CC[C@@H]1CCNc2ccccc21. The fraction of sp³-hybridized carbons (Fsp3) is 0.462. The number of anilines is 1. The van der Waals surface area contributed by atoms with Gasteiger partial charge in [0.15, 0.2) is 0 Å². The number of carbonyl (C=O) groups is 1. The Bertz CT molecular complexity index is 376. The summed E-state index contributed by atoms with van der Waals surface area (Å²) in [5.74, 6) is 0.368. The summed E-state index contributed by atoms with van der Waals surface area (Å²) in [6.45, 7) is 0.989. The number of benzene rings is 1. The molecular weight excluding hydrogens is 202 g/mol. The summed E-state index contributed by atoms with van der Waals surface area (Å²) in [5.41, 5.74) is 2.54. The molecular formula is C13H17NO2. The summed E-state index contributed by atoms with van der Waals surface area (Å²) < 4.78 is 4.67. The van der Waals surface area contributed by atoms with Crippen molar-refractivity contribution in [1.29, 1.82) is 0 Å². The first-order valence-corrected chi connectivity index (χ1v) is 5.71. The van der Waals surface area contributed by atoms with Gasteiger partial charge in [0.1, 0.15) is 0 Å². The van der Waals surface area contributed by atoms with Crippen LogP contribution in [0.5, 0.6) is 0 Å². The van der Waals surface area contributed by atoms with Crippen molar-refractivity contribution in [3.63, 3.8) is 0 Å². The van der Waals surface area contributed by atoms with Gasteiger partial charge in [-0.15, -0.1) is 0 Å². The van der Waals surface area contributed by atoms with Crippen LogP contribution in [-0.4, -0.2) is 19.6 Å². The van der Waals surface area contributed by atoms with E-state index in [9.17, 15) is 4.79 Å². The maximum atomic E-state index is 11.1. The van der Waals surface area contributed by atoms with Crippen molar-refractivity contribution in [3.8, 4) is 0 Å². The van der Waals surface area contributed by atoms with Crippen molar-refractivity contribution in [1.82, 2.24) is 0 Å². The third-order valence-electron chi connectivity index (χ3n) is 3.13. The number of ether oxygens (including phenoxy) is 1. The van der Waals surface area contributed by atoms with Crippen LogP contribution in [0.1, 0.15) is 30.7 Å². The molecule has 1 N–H and O–H groups in total. The molecule has 0 fully saturated rings. The Labute approximate surface area is 95.8 Å². The van der Waals surface area contributed by atoms with Crippen molar-refractivity contribution in [2.75, 3.05) is 19.0 Å². The summed E-state index contributed by atoms with van der Waals surface area (Å²) in [7, 11) is 1.44. The molecule has 1 heterocycles. The van der Waals surface area contributed by atoms with Crippen LogP contribution in [0.4, 0.5) is 5.69 Å². The van der Waals surface area contributed by atoms with Crippen LogP contribution in [0.3, 0.4) is 0 Å². The molecule has 0 saturated carbocycles. The molecule has 1 aliphatic heterocycles. The Hall–Kier alpha value is -1.51. The summed E-state index contributed by atoms with van der Waals surface area (Å²) in [4.78, 5) is 11.1. The predicted octanol–water partition coefficient (Wildman–Crippen LogP) is 2.54. The van der Waals surface area contributed by atoms with E-state index in [1.54, 1.807) is 0 Å². The van der Waals surface area contributed by atoms with Gasteiger partial charge in [-0.2, -0.15) is 0 Å².